The summed E-state index contributed by atoms with van der Waals surface area (Å²) in [5.41, 5.74) is 7.47. The quantitative estimate of drug-likeness (QED) is 0.301. The van der Waals surface area contributed by atoms with Gasteiger partial charge in [-0.2, -0.15) is 0 Å². The molecule has 0 aliphatic rings. The molecule has 5 rings (SSSR count). The molecule has 0 radical (unpaired) electrons. The van der Waals surface area contributed by atoms with Gasteiger partial charge in [-0.05, 0) is 40.5 Å². The van der Waals surface area contributed by atoms with Crippen molar-refractivity contribution in [3.63, 3.8) is 0 Å². The number of aromatic nitrogens is 1. The van der Waals surface area contributed by atoms with Crippen molar-refractivity contribution in [3.8, 4) is 11.1 Å². The molecule has 0 N–H and O–H groups in total. The second-order valence-electron chi connectivity index (χ2n) is 7.15. The van der Waals surface area contributed by atoms with E-state index in [1.165, 1.54) is 44.1 Å². The fourth-order valence-electron chi connectivity index (χ4n) is 4.03. The molecule has 28 heavy (non-hydrogen) atoms. The van der Waals surface area contributed by atoms with Crippen LogP contribution in [-0.2, 0) is 7.05 Å². The van der Waals surface area contributed by atoms with Crippen LogP contribution in [0.4, 0.5) is 0 Å². The summed E-state index contributed by atoms with van der Waals surface area (Å²) in [6.45, 7) is 0. The van der Waals surface area contributed by atoms with Crippen molar-refractivity contribution in [1.82, 2.24) is 4.57 Å². The zero-order chi connectivity index (χ0) is 18.9. The molecule has 0 saturated heterocycles. The molecule has 0 aliphatic carbocycles. The Kier molecular flexibility index (Phi) is 4.06. The van der Waals surface area contributed by atoms with E-state index < -0.39 is 0 Å². The van der Waals surface area contributed by atoms with Crippen molar-refractivity contribution in [3.05, 3.63) is 108 Å². The van der Waals surface area contributed by atoms with E-state index in [4.69, 9.17) is 0 Å². The molecule has 5 aromatic rings. The Balaban J connectivity index is 1.80. The highest BCUT2D eigenvalue weighted by atomic mass is 14.9. The molecule has 0 amide bonds. The Bertz CT molecular complexity index is 1290. The van der Waals surface area contributed by atoms with E-state index in [0.29, 0.717) is 0 Å². The number of fused-ring (bicyclic) bond motifs is 3. The molecule has 1 heteroatoms. The van der Waals surface area contributed by atoms with Gasteiger partial charge >= 0.3 is 0 Å². The minimum atomic E-state index is 1.21. The number of benzene rings is 4. The molecule has 1 heterocycles. The van der Waals surface area contributed by atoms with E-state index in [9.17, 15) is 0 Å². The van der Waals surface area contributed by atoms with Gasteiger partial charge in [-0.25, -0.2) is 0 Å². The lowest BCUT2D eigenvalue weighted by atomic mass is 9.98. The van der Waals surface area contributed by atoms with E-state index in [2.05, 4.69) is 121 Å². The molecular formula is C27H21N. The standard InChI is InChI=1S/C27H21N/c1-28-26-15-9-8-14-24(26)25-19-23(21-12-6-3-7-13-21)18-22(27(25)28)17-16-20-10-4-2-5-11-20/h2-19H,1H3/b17-16+. The maximum Gasteiger partial charge on any atom is 0.0562 e. The van der Waals surface area contributed by atoms with E-state index in [0.717, 1.165) is 0 Å². The van der Waals surface area contributed by atoms with Crippen molar-refractivity contribution >= 4 is 34.0 Å². The van der Waals surface area contributed by atoms with Gasteiger partial charge in [0.15, 0.2) is 0 Å². The topological polar surface area (TPSA) is 4.93 Å². The Labute approximate surface area is 165 Å². The van der Waals surface area contributed by atoms with Gasteiger partial charge in [-0.3, -0.25) is 0 Å². The van der Waals surface area contributed by atoms with Gasteiger partial charge in [-0.15, -0.1) is 0 Å². The molecule has 4 aromatic carbocycles. The lowest BCUT2D eigenvalue weighted by Gasteiger charge is -2.08. The van der Waals surface area contributed by atoms with Gasteiger partial charge in [-0.1, -0.05) is 91.0 Å². The van der Waals surface area contributed by atoms with Crippen LogP contribution in [-0.4, -0.2) is 4.57 Å². The van der Waals surface area contributed by atoms with Gasteiger partial charge < -0.3 is 4.57 Å². The van der Waals surface area contributed by atoms with Crippen molar-refractivity contribution < 1.29 is 0 Å². The predicted octanol–water partition coefficient (Wildman–Crippen LogP) is 7.17. The molecule has 0 bridgehead atoms. The predicted molar refractivity (Wildman–Crippen MR) is 121 cm³/mol. The zero-order valence-corrected chi connectivity index (χ0v) is 15.8. The Morgan fingerprint density at radius 3 is 2.07 bits per heavy atom. The summed E-state index contributed by atoms with van der Waals surface area (Å²) < 4.78 is 2.31. The van der Waals surface area contributed by atoms with Crippen LogP contribution in [0, 0.1) is 0 Å². The van der Waals surface area contributed by atoms with Gasteiger partial charge in [0, 0.05) is 23.3 Å². The minimum Gasteiger partial charge on any atom is -0.343 e. The summed E-state index contributed by atoms with van der Waals surface area (Å²) in [5.74, 6) is 0. The third-order valence-electron chi connectivity index (χ3n) is 5.39. The first kappa shape index (κ1) is 16.6. The molecule has 0 aliphatic heterocycles. The van der Waals surface area contributed by atoms with Gasteiger partial charge in [0.2, 0.25) is 0 Å². The second-order valence-corrected chi connectivity index (χ2v) is 7.15. The largest absolute Gasteiger partial charge is 0.343 e. The van der Waals surface area contributed by atoms with E-state index in [-0.39, 0.29) is 0 Å². The fourth-order valence-corrected chi connectivity index (χ4v) is 4.03. The Morgan fingerprint density at radius 1 is 0.607 bits per heavy atom. The monoisotopic (exact) mass is 359 g/mol. The van der Waals surface area contributed by atoms with E-state index >= 15 is 0 Å². The molecule has 0 atom stereocenters. The second kappa shape index (κ2) is 6.86. The number of para-hydroxylation sites is 1. The van der Waals surface area contributed by atoms with Crippen LogP contribution in [0.3, 0.4) is 0 Å². The van der Waals surface area contributed by atoms with Crippen molar-refractivity contribution in [2.45, 2.75) is 0 Å². The first-order valence-electron chi connectivity index (χ1n) is 9.61. The summed E-state index contributed by atoms with van der Waals surface area (Å²) in [4.78, 5) is 0. The lowest BCUT2D eigenvalue weighted by Crippen LogP contribution is -1.90. The van der Waals surface area contributed by atoms with Crippen LogP contribution in [0.15, 0.2) is 97.1 Å². The highest BCUT2D eigenvalue weighted by molar-refractivity contribution is 6.12. The maximum atomic E-state index is 2.33. The first-order chi connectivity index (χ1) is 13.8. The average Bonchev–Trinajstić information content (AvgIpc) is 3.06. The van der Waals surface area contributed by atoms with Crippen molar-refractivity contribution in [2.75, 3.05) is 0 Å². The minimum absolute atomic E-state index is 1.21. The molecule has 0 spiro atoms. The van der Waals surface area contributed by atoms with Crippen molar-refractivity contribution in [2.24, 2.45) is 7.05 Å². The summed E-state index contributed by atoms with van der Waals surface area (Å²) in [6.07, 6.45) is 4.43. The third kappa shape index (κ3) is 2.82. The summed E-state index contributed by atoms with van der Waals surface area (Å²) in [7, 11) is 2.16. The molecule has 1 nitrogen and oxygen atoms in total. The average molecular weight is 359 g/mol. The van der Waals surface area contributed by atoms with Crippen LogP contribution >= 0.6 is 0 Å². The number of hydrogen-bond donors (Lipinski definition) is 0. The van der Waals surface area contributed by atoms with Gasteiger partial charge in [0.25, 0.3) is 0 Å². The number of nitrogens with zero attached hydrogens (tertiary/aromatic N) is 1. The van der Waals surface area contributed by atoms with Gasteiger partial charge in [0.1, 0.15) is 0 Å². The summed E-state index contributed by atoms with van der Waals surface area (Å²) in [5, 5.41) is 2.60. The van der Waals surface area contributed by atoms with Crippen LogP contribution in [0.2, 0.25) is 0 Å². The lowest BCUT2D eigenvalue weighted by molar-refractivity contribution is 1.01. The van der Waals surface area contributed by atoms with E-state index in [1.807, 2.05) is 0 Å². The normalized spacial score (nSPS) is 11.6. The summed E-state index contributed by atoms with van der Waals surface area (Å²) in [6, 6.07) is 34.4. The molecule has 0 unspecified atom stereocenters. The Hall–Kier alpha value is -3.58. The number of aryl methyl sites for hydroxylation is 1. The highest BCUT2D eigenvalue weighted by Gasteiger charge is 2.12. The Morgan fingerprint density at radius 2 is 1.29 bits per heavy atom. The number of rotatable bonds is 3. The van der Waals surface area contributed by atoms with Crippen molar-refractivity contribution in [1.29, 1.82) is 0 Å². The van der Waals surface area contributed by atoms with Crippen LogP contribution in [0.1, 0.15) is 11.1 Å². The molecular weight excluding hydrogens is 338 g/mol. The van der Waals surface area contributed by atoms with E-state index in [1.54, 1.807) is 0 Å². The highest BCUT2D eigenvalue weighted by Crippen LogP contribution is 2.35. The van der Waals surface area contributed by atoms with Crippen LogP contribution in [0.5, 0.6) is 0 Å². The SMILES string of the molecule is Cn1c2ccccc2c2cc(-c3ccccc3)cc(/C=C/c3ccccc3)c21. The maximum absolute atomic E-state index is 2.33. The zero-order valence-electron chi connectivity index (χ0n) is 15.8. The smallest absolute Gasteiger partial charge is 0.0562 e. The fraction of sp³-hybridized carbons (Fsp3) is 0.0370. The summed E-state index contributed by atoms with van der Waals surface area (Å²) >= 11 is 0. The van der Waals surface area contributed by atoms with Gasteiger partial charge in [0.05, 0.1) is 5.52 Å². The molecule has 134 valence electrons. The number of hydrogen-bond acceptors (Lipinski definition) is 0. The molecule has 0 saturated carbocycles. The molecule has 1 aromatic heterocycles. The third-order valence-corrected chi connectivity index (χ3v) is 5.39. The van der Waals surface area contributed by atoms with Crippen LogP contribution < -0.4 is 0 Å². The molecule has 0 fully saturated rings. The first-order valence-corrected chi connectivity index (χ1v) is 9.61. The van der Waals surface area contributed by atoms with Crippen LogP contribution in [0.25, 0.3) is 45.1 Å².